The summed E-state index contributed by atoms with van der Waals surface area (Å²) < 4.78 is 0. The molecule has 2 N–H and O–H groups in total. The summed E-state index contributed by atoms with van der Waals surface area (Å²) >= 11 is 5.53. The van der Waals surface area contributed by atoms with Crippen molar-refractivity contribution < 1.29 is 19.0 Å². The molecule has 8 heteroatoms. The number of nitrogen functional groups attached to an aromatic ring is 1. The third kappa shape index (κ3) is 3.48. The fraction of sp³-hybridized carbons (Fsp3) is 0. The molecule has 0 unspecified atom stereocenters. The van der Waals surface area contributed by atoms with E-state index in [1.165, 1.54) is 18.2 Å². The van der Waals surface area contributed by atoms with Crippen molar-refractivity contribution in [3.63, 3.8) is 0 Å². The minimum absolute atomic E-state index is 0. The van der Waals surface area contributed by atoms with Crippen LogP contribution in [0.5, 0.6) is 0 Å². The van der Waals surface area contributed by atoms with Gasteiger partial charge in [-0.25, -0.2) is 0 Å². The SMILES string of the molecule is F.F.F.Nc1c(Cl)cccc1[N+](=O)[O-]. The molecule has 0 aliphatic rings. The quantitative estimate of drug-likeness (QED) is 0.459. The number of nitrogens with two attached hydrogens (primary N) is 1. The van der Waals surface area contributed by atoms with Crippen molar-refractivity contribution in [3.8, 4) is 0 Å². The molecule has 0 aliphatic carbocycles. The number of benzene rings is 1. The molecule has 0 atom stereocenters. The van der Waals surface area contributed by atoms with Crippen molar-refractivity contribution in [2.24, 2.45) is 0 Å². The molecule has 1 aromatic rings. The Bertz CT molecular complexity index is 311. The molecule has 0 heterocycles. The lowest BCUT2D eigenvalue weighted by atomic mass is 10.3. The molecule has 0 aromatic heterocycles. The van der Waals surface area contributed by atoms with Gasteiger partial charge >= 0.3 is 0 Å². The average molecular weight is 233 g/mol. The molecule has 1 aromatic carbocycles. The zero-order valence-electron chi connectivity index (χ0n) is 6.68. The van der Waals surface area contributed by atoms with Crippen LogP contribution in [0.15, 0.2) is 18.2 Å². The predicted molar refractivity (Wildman–Crippen MR) is 50.0 cm³/mol. The highest BCUT2D eigenvalue weighted by Gasteiger charge is 2.11. The van der Waals surface area contributed by atoms with E-state index in [0.29, 0.717) is 0 Å². The number of nitrogens with zero attached hydrogens (tertiary/aromatic N) is 1. The molecule has 82 valence electrons. The molecule has 1 rings (SSSR count). The van der Waals surface area contributed by atoms with E-state index >= 15 is 0 Å². The number of halogens is 4. The van der Waals surface area contributed by atoms with Crippen LogP contribution in [0.25, 0.3) is 0 Å². The summed E-state index contributed by atoms with van der Waals surface area (Å²) in [5.74, 6) is 0. The van der Waals surface area contributed by atoms with Crippen LogP contribution >= 0.6 is 11.6 Å². The summed E-state index contributed by atoms with van der Waals surface area (Å²) in [4.78, 5) is 9.67. The van der Waals surface area contributed by atoms with E-state index in [9.17, 15) is 10.1 Å². The summed E-state index contributed by atoms with van der Waals surface area (Å²) in [7, 11) is 0. The van der Waals surface area contributed by atoms with Crippen LogP contribution in [0, 0.1) is 10.1 Å². The van der Waals surface area contributed by atoms with E-state index in [1.54, 1.807) is 0 Å². The Balaban J connectivity index is -0.000000403. The molecule has 4 nitrogen and oxygen atoms in total. The van der Waals surface area contributed by atoms with Gasteiger partial charge in [-0.1, -0.05) is 17.7 Å². The van der Waals surface area contributed by atoms with Crippen LogP contribution in [0.3, 0.4) is 0 Å². The molecular weight excluding hydrogens is 225 g/mol. The lowest BCUT2D eigenvalue weighted by molar-refractivity contribution is -0.383. The maximum atomic E-state index is 10.2. The summed E-state index contributed by atoms with van der Waals surface area (Å²) in [6.07, 6.45) is 0. The molecule has 0 saturated carbocycles. The molecule has 14 heavy (non-hydrogen) atoms. The van der Waals surface area contributed by atoms with Crippen LogP contribution < -0.4 is 5.73 Å². The van der Waals surface area contributed by atoms with Gasteiger partial charge in [0.25, 0.3) is 5.69 Å². The minimum Gasteiger partial charge on any atom is -0.392 e. The molecule has 0 bridgehead atoms. The highest BCUT2D eigenvalue weighted by atomic mass is 35.5. The van der Waals surface area contributed by atoms with E-state index in [2.05, 4.69) is 0 Å². The van der Waals surface area contributed by atoms with E-state index in [0.717, 1.165) is 0 Å². The van der Waals surface area contributed by atoms with Crippen LogP contribution in [0.2, 0.25) is 5.02 Å². The van der Waals surface area contributed by atoms with Crippen LogP contribution in [-0.4, -0.2) is 4.92 Å². The first kappa shape index (κ1) is 18.3. The topological polar surface area (TPSA) is 69.2 Å². The highest BCUT2D eigenvalue weighted by molar-refractivity contribution is 6.33. The Kier molecular flexibility index (Phi) is 9.10. The van der Waals surface area contributed by atoms with Gasteiger partial charge in [0.1, 0.15) is 5.69 Å². The van der Waals surface area contributed by atoms with Crippen molar-refractivity contribution >= 4 is 23.0 Å². The second kappa shape index (κ2) is 6.96. The average Bonchev–Trinajstić information content (AvgIpc) is 1.94. The third-order valence-electron chi connectivity index (χ3n) is 1.23. The Hall–Kier alpha value is -1.50. The lowest BCUT2D eigenvalue weighted by Crippen LogP contribution is -1.95. The van der Waals surface area contributed by atoms with Crippen molar-refractivity contribution in [1.29, 1.82) is 0 Å². The Labute approximate surface area is 81.9 Å². The standard InChI is InChI=1S/C6H5ClN2O2.3FH/c7-4-2-1-3-5(6(4)8)9(10)11;;;/h1-3H,8H2;3*1H. The van der Waals surface area contributed by atoms with Gasteiger partial charge in [-0.15, -0.1) is 0 Å². The molecular formula is C6H8ClF3N2O2. The largest absolute Gasteiger partial charge is 0.392 e. The van der Waals surface area contributed by atoms with Gasteiger partial charge in [0.05, 0.1) is 9.95 Å². The maximum absolute atomic E-state index is 10.2. The van der Waals surface area contributed by atoms with Gasteiger partial charge in [0, 0.05) is 6.07 Å². The normalized spacial score (nSPS) is 7.50. The summed E-state index contributed by atoms with van der Waals surface area (Å²) in [6.45, 7) is 0. The number of hydrogen-bond acceptors (Lipinski definition) is 3. The molecule has 0 amide bonds. The van der Waals surface area contributed by atoms with E-state index in [1.807, 2.05) is 0 Å². The van der Waals surface area contributed by atoms with Crippen molar-refractivity contribution in [2.45, 2.75) is 0 Å². The Morgan fingerprint density at radius 1 is 1.29 bits per heavy atom. The summed E-state index contributed by atoms with van der Waals surface area (Å²) in [5, 5.41) is 10.4. The van der Waals surface area contributed by atoms with Gasteiger partial charge < -0.3 is 5.73 Å². The second-order valence-electron chi connectivity index (χ2n) is 1.93. The van der Waals surface area contributed by atoms with E-state index in [4.69, 9.17) is 17.3 Å². The van der Waals surface area contributed by atoms with Gasteiger partial charge in [-0.05, 0) is 6.07 Å². The first-order chi connectivity index (χ1) is 5.13. The Morgan fingerprint density at radius 3 is 2.14 bits per heavy atom. The number of rotatable bonds is 1. The highest BCUT2D eigenvalue weighted by Crippen LogP contribution is 2.27. The van der Waals surface area contributed by atoms with Crippen LogP contribution in [-0.2, 0) is 0 Å². The van der Waals surface area contributed by atoms with Gasteiger partial charge in [0.15, 0.2) is 0 Å². The molecule has 0 radical (unpaired) electrons. The zero-order chi connectivity index (χ0) is 8.43. The van der Waals surface area contributed by atoms with Crippen LogP contribution in [0.1, 0.15) is 0 Å². The van der Waals surface area contributed by atoms with E-state index < -0.39 is 4.92 Å². The third-order valence-corrected chi connectivity index (χ3v) is 1.56. The predicted octanol–water partition coefficient (Wildman–Crippen LogP) is 2.29. The maximum Gasteiger partial charge on any atom is 0.293 e. The lowest BCUT2D eigenvalue weighted by Gasteiger charge is -1.96. The summed E-state index contributed by atoms with van der Waals surface area (Å²) in [5.41, 5.74) is 5.17. The zero-order valence-corrected chi connectivity index (χ0v) is 7.43. The van der Waals surface area contributed by atoms with Crippen LogP contribution in [0.4, 0.5) is 25.5 Å². The second-order valence-corrected chi connectivity index (χ2v) is 2.34. The van der Waals surface area contributed by atoms with Crippen molar-refractivity contribution in [1.82, 2.24) is 0 Å². The number of para-hydroxylation sites is 1. The first-order valence-corrected chi connectivity index (χ1v) is 3.19. The van der Waals surface area contributed by atoms with Gasteiger partial charge in [0.2, 0.25) is 0 Å². The monoisotopic (exact) mass is 232 g/mol. The fourth-order valence-corrected chi connectivity index (χ4v) is 0.854. The van der Waals surface area contributed by atoms with Crippen molar-refractivity contribution in [3.05, 3.63) is 33.3 Å². The van der Waals surface area contributed by atoms with Crippen molar-refractivity contribution in [2.75, 3.05) is 5.73 Å². The molecule has 0 spiro atoms. The Morgan fingerprint density at radius 2 is 1.79 bits per heavy atom. The van der Waals surface area contributed by atoms with E-state index in [-0.39, 0.29) is 30.5 Å². The van der Waals surface area contributed by atoms with Gasteiger partial charge in [-0.3, -0.25) is 24.2 Å². The number of nitro groups is 1. The number of nitro benzene ring substituents is 1. The first-order valence-electron chi connectivity index (χ1n) is 2.81. The molecule has 0 fully saturated rings. The number of anilines is 1. The fourth-order valence-electron chi connectivity index (χ4n) is 0.685. The summed E-state index contributed by atoms with van der Waals surface area (Å²) in [6, 6.07) is 4.29. The number of hydrogen-bond donors (Lipinski definition) is 1. The smallest absolute Gasteiger partial charge is 0.293 e. The van der Waals surface area contributed by atoms with Gasteiger partial charge in [-0.2, -0.15) is 0 Å². The molecule has 0 aliphatic heterocycles. The minimum atomic E-state index is -0.568. The molecule has 0 saturated heterocycles.